The molecule has 0 saturated carbocycles. The van der Waals surface area contributed by atoms with E-state index in [0.717, 1.165) is 24.2 Å². The van der Waals surface area contributed by atoms with Crippen LogP contribution in [0.2, 0.25) is 0 Å². The molecule has 1 unspecified atom stereocenters. The van der Waals surface area contributed by atoms with E-state index in [-0.39, 0.29) is 0 Å². The predicted molar refractivity (Wildman–Crippen MR) is 47.6 cm³/mol. The monoisotopic (exact) mass is 158 g/mol. The Balaban J connectivity index is 2.36. The molecule has 0 radical (unpaired) electrons. The number of hydrogen-bond donors (Lipinski definition) is 1. The first-order valence-corrected chi connectivity index (χ1v) is 4.91. The zero-order valence-electron chi connectivity index (χ0n) is 6.55. The molecule has 0 saturated heterocycles. The summed E-state index contributed by atoms with van der Waals surface area (Å²) < 4.78 is 0. The average Bonchev–Trinajstić information content (AvgIpc) is 2.05. The van der Waals surface area contributed by atoms with Crippen molar-refractivity contribution < 1.29 is 0 Å². The molecule has 0 aromatic heterocycles. The highest BCUT2D eigenvalue weighted by molar-refractivity contribution is 8.13. The van der Waals surface area contributed by atoms with Gasteiger partial charge in [0.15, 0.2) is 5.17 Å². The van der Waals surface area contributed by atoms with Gasteiger partial charge in [-0.3, -0.25) is 4.99 Å². The van der Waals surface area contributed by atoms with Crippen LogP contribution in [0.15, 0.2) is 4.99 Å². The Morgan fingerprint density at radius 1 is 1.80 bits per heavy atom. The molecule has 0 fully saturated rings. The molecule has 1 N–H and O–H groups in total. The largest absolute Gasteiger partial charge is 0.365 e. The average molecular weight is 158 g/mol. The molecule has 0 aromatic carbocycles. The predicted octanol–water partition coefficient (Wildman–Crippen LogP) is 1.33. The van der Waals surface area contributed by atoms with E-state index >= 15 is 0 Å². The van der Waals surface area contributed by atoms with Gasteiger partial charge in [-0.2, -0.15) is 0 Å². The fraction of sp³-hybridized carbons (Fsp3) is 0.857. The van der Waals surface area contributed by atoms with Crippen LogP contribution in [0.3, 0.4) is 0 Å². The Kier molecular flexibility index (Phi) is 3.06. The number of rotatable bonds is 1. The van der Waals surface area contributed by atoms with Crippen LogP contribution in [-0.2, 0) is 0 Å². The third kappa shape index (κ3) is 1.90. The Hall–Kier alpha value is -0.180. The molecule has 58 valence electrons. The first-order chi connectivity index (χ1) is 4.86. The maximum absolute atomic E-state index is 4.37. The lowest BCUT2D eigenvalue weighted by Crippen LogP contribution is -2.33. The van der Waals surface area contributed by atoms with Crippen LogP contribution in [0, 0.1) is 5.92 Å². The molecule has 1 heterocycles. The number of nitrogens with zero attached hydrogens (tertiary/aromatic N) is 1. The van der Waals surface area contributed by atoms with Gasteiger partial charge in [-0.15, -0.1) is 0 Å². The second kappa shape index (κ2) is 3.86. The molecule has 3 heteroatoms. The lowest BCUT2D eigenvalue weighted by atomic mass is 10.1. The first-order valence-electron chi connectivity index (χ1n) is 3.69. The number of hydrogen-bond acceptors (Lipinski definition) is 3. The summed E-state index contributed by atoms with van der Waals surface area (Å²) in [6.07, 6.45) is 3.29. The van der Waals surface area contributed by atoms with Gasteiger partial charge in [-0.05, 0) is 18.6 Å². The van der Waals surface area contributed by atoms with Crippen molar-refractivity contribution in [1.29, 1.82) is 0 Å². The Bertz CT molecular complexity index is 134. The Labute approximate surface area is 66.5 Å². The van der Waals surface area contributed by atoms with Crippen LogP contribution in [0.4, 0.5) is 0 Å². The summed E-state index contributed by atoms with van der Waals surface area (Å²) in [5.74, 6) is 0.760. The van der Waals surface area contributed by atoms with Crippen molar-refractivity contribution >= 4 is 16.9 Å². The molecule has 0 bridgehead atoms. The zero-order chi connectivity index (χ0) is 7.40. The van der Waals surface area contributed by atoms with Gasteiger partial charge in [0.1, 0.15) is 0 Å². The van der Waals surface area contributed by atoms with Gasteiger partial charge >= 0.3 is 0 Å². The minimum Gasteiger partial charge on any atom is -0.365 e. The van der Waals surface area contributed by atoms with E-state index in [0.29, 0.717) is 0 Å². The highest BCUT2D eigenvalue weighted by atomic mass is 32.2. The maximum Gasteiger partial charge on any atom is 0.156 e. The molecule has 0 aliphatic carbocycles. The van der Waals surface area contributed by atoms with Crippen molar-refractivity contribution in [2.75, 3.05) is 19.3 Å². The van der Waals surface area contributed by atoms with E-state index in [1.54, 1.807) is 11.8 Å². The fourth-order valence-corrected chi connectivity index (χ4v) is 1.41. The maximum atomic E-state index is 4.37. The molecule has 2 nitrogen and oxygen atoms in total. The number of amidine groups is 1. The molecule has 10 heavy (non-hydrogen) atoms. The van der Waals surface area contributed by atoms with Crippen molar-refractivity contribution in [3.05, 3.63) is 0 Å². The summed E-state index contributed by atoms with van der Waals surface area (Å²) in [4.78, 5) is 4.37. The summed E-state index contributed by atoms with van der Waals surface area (Å²) >= 11 is 1.70. The molecule has 0 aromatic rings. The van der Waals surface area contributed by atoms with Gasteiger partial charge in [0.25, 0.3) is 0 Å². The lowest BCUT2D eigenvalue weighted by Gasteiger charge is -2.20. The van der Waals surface area contributed by atoms with E-state index in [9.17, 15) is 0 Å². The van der Waals surface area contributed by atoms with Gasteiger partial charge in [0, 0.05) is 13.1 Å². The van der Waals surface area contributed by atoms with Crippen molar-refractivity contribution in [3.63, 3.8) is 0 Å². The zero-order valence-corrected chi connectivity index (χ0v) is 7.37. The normalized spacial score (nSPS) is 25.4. The molecule has 1 rings (SSSR count). The number of aliphatic imine (C=N–C) groups is 1. The molecule has 1 aliphatic heterocycles. The number of nitrogens with one attached hydrogen (secondary N) is 1. The minimum atomic E-state index is 0.760. The van der Waals surface area contributed by atoms with E-state index in [2.05, 4.69) is 23.5 Å². The van der Waals surface area contributed by atoms with Gasteiger partial charge in [0.05, 0.1) is 0 Å². The summed E-state index contributed by atoms with van der Waals surface area (Å²) in [7, 11) is 0. The lowest BCUT2D eigenvalue weighted by molar-refractivity contribution is 0.496. The molecule has 0 amide bonds. The van der Waals surface area contributed by atoms with Crippen molar-refractivity contribution in [2.24, 2.45) is 10.9 Å². The van der Waals surface area contributed by atoms with Crippen LogP contribution in [0.5, 0.6) is 0 Å². The summed E-state index contributed by atoms with van der Waals surface area (Å²) in [6, 6.07) is 0. The van der Waals surface area contributed by atoms with Crippen LogP contribution in [0.1, 0.15) is 13.3 Å². The third-order valence-corrected chi connectivity index (χ3v) is 2.47. The highest BCUT2D eigenvalue weighted by Gasteiger charge is 2.11. The Morgan fingerprint density at radius 3 is 3.00 bits per heavy atom. The summed E-state index contributed by atoms with van der Waals surface area (Å²) in [6.45, 7) is 4.34. The molecule has 0 spiro atoms. The smallest absolute Gasteiger partial charge is 0.156 e. The second-order valence-corrected chi connectivity index (χ2v) is 3.30. The third-order valence-electron chi connectivity index (χ3n) is 1.81. The van der Waals surface area contributed by atoms with Gasteiger partial charge in [-0.25, -0.2) is 0 Å². The molecular formula is C7H14N2S. The van der Waals surface area contributed by atoms with Crippen LogP contribution in [-0.4, -0.2) is 24.5 Å². The van der Waals surface area contributed by atoms with Gasteiger partial charge in [0.2, 0.25) is 0 Å². The van der Waals surface area contributed by atoms with Crippen LogP contribution < -0.4 is 5.32 Å². The van der Waals surface area contributed by atoms with E-state index in [1.165, 1.54) is 6.42 Å². The minimum absolute atomic E-state index is 0.760. The molecule has 1 aliphatic rings. The summed E-state index contributed by atoms with van der Waals surface area (Å²) in [5.41, 5.74) is 0. The molecule has 1 atom stereocenters. The van der Waals surface area contributed by atoms with E-state index in [1.807, 2.05) is 0 Å². The first kappa shape index (κ1) is 7.92. The van der Waals surface area contributed by atoms with Crippen molar-refractivity contribution in [1.82, 2.24) is 5.32 Å². The summed E-state index contributed by atoms with van der Waals surface area (Å²) in [5, 5.41) is 4.38. The van der Waals surface area contributed by atoms with E-state index < -0.39 is 0 Å². The van der Waals surface area contributed by atoms with Gasteiger partial charge in [-0.1, -0.05) is 18.7 Å². The van der Waals surface area contributed by atoms with Crippen molar-refractivity contribution in [3.8, 4) is 0 Å². The SMILES string of the molecule is CCC1CN=C(SC)NC1. The van der Waals surface area contributed by atoms with Crippen LogP contribution >= 0.6 is 11.8 Å². The quantitative estimate of drug-likeness (QED) is 0.622. The second-order valence-electron chi connectivity index (χ2n) is 2.51. The van der Waals surface area contributed by atoms with Gasteiger partial charge < -0.3 is 5.32 Å². The Morgan fingerprint density at radius 2 is 2.60 bits per heavy atom. The van der Waals surface area contributed by atoms with Crippen LogP contribution in [0.25, 0.3) is 0 Å². The fourth-order valence-electron chi connectivity index (χ4n) is 0.974. The van der Waals surface area contributed by atoms with Crippen molar-refractivity contribution in [2.45, 2.75) is 13.3 Å². The molecular weight excluding hydrogens is 144 g/mol. The number of thioether (sulfide) groups is 1. The standard InChI is InChI=1S/C7H14N2S/c1-3-6-4-8-7(10-2)9-5-6/h6H,3-5H2,1-2H3,(H,8,9). The topological polar surface area (TPSA) is 24.4 Å². The van der Waals surface area contributed by atoms with E-state index in [4.69, 9.17) is 0 Å². The highest BCUT2D eigenvalue weighted by Crippen LogP contribution is 2.08.